The largest absolute Gasteiger partial charge is 0.364 e. The summed E-state index contributed by atoms with van der Waals surface area (Å²) in [7, 11) is 0. The fourth-order valence-electron chi connectivity index (χ4n) is 3.26. The van der Waals surface area contributed by atoms with E-state index in [1.165, 1.54) is 12.5 Å². The van der Waals surface area contributed by atoms with Crippen LogP contribution in [0.15, 0.2) is 18.2 Å². The van der Waals surface area contributed by atoms with Crippen molar-refractivity contribution in [3.63, 3.8) is 0 Å². The number of halogens is 2. The minimum Gasteiger partial charge on any atom is -0.364 e. The molecule has 2 heterocycles. The summed E-state index contributed by atoms with van der Waals surface area (Å²) in [6.07, 6.45) is 4.68. The molecule has 0 spiro atoms. The Balaban J connectivity index is 1.97. The van der Waals surface area contributed by atoms with Crippen LogP contribution in [0.2, 0.25) is 0 Å². The molecule has 1 aromatic carbocycles. The van der Waals surface area contributed by atoms with Gasteiger partial charge < -0.3 is 4.90 Å². The van der Waals surface area contributed by atoms with E-state index >= 15 is 0 Å². The number of piperidine rings is 2. The van der Waals surface area contributed by atoms with Crippen LogP contribution in [0, 0.1) is 9.39 Å². The van der Waals surface area contributed by atoms with Crippen LogP contribution in [0.3, 0.4) is 0 Å². The Kier molecular flexibility index (Phi) is 3.30. The summed E-state index contributed by atoms with van der Waals surface area (Å²) in [6, 6.07) is 5.59. The zero-order valence-electron chi connectivity index (χ0n) is 10.0. The molecule has 2 atom stereocenters. The molecule has 2 saturated heterocycles. The van der Waals surface area contributed by atoms with E-state index < -0.39 is 0 Å². The maximum atomic E-state index is 13.2. The minimum atomic E-state index is -0.193. The van der Waals surface area contributed by atoms with E-state index in [1.54, 1.807) is 6.07 Å². The topological polar surface area (TPSA) is 20.3 Å². The number of rotatable bonds is 1. The summed E-state index contributed by atoms with van der Waals surface area (Å²) in [5, 5.41) is 0. The first kappa shape index (κ1) is 12.4. The summed E-state index contributed by atoms with van der Waals surface area (Å²) in [4.78, 5) is 14.1. The van der Waals surface area contributed by atoms with Gasteiger partial charge in [-0.2, -0.15) is 0 Å². The van der Waals surface area contributed by atoms with Crippen LogP contribution in [0.25, 0.3) is 0 Å². The Morgan fingerprint density at radius 2 is 1.89 bits per heavy atom. The average molecular weight is 359 g/mol. The van der Waals surface area contributed by atoms with Crippen LogP contribution >= 0.6 is 22.6 Å². The van der Waals surface area contributed by atoms with E-state index in [1.807, 2.05) is 6.07 Å². The molecule has 0 saturated carbocycles. The fraction of sp³-hybridized carbons (Fsp3) is 0.500. The number of Topliss-reactive ketones (excluding diaryl/α,β-unsaturated/α-hetero) is 1. The van der Waals surface area contributed by atoms with Crippen molar-refractivity contribution in [2.24, 2.45) is 0 Å². The first-order chi connectivity index (χ1) is 8.65. The molecule has 0 aromatic heterocycles. The molecule has 2 fully saturated rings. The molecule has 4 heteroatoms. The molecule has 0 N–H and O–H groups in total. The van der Waals surface area contributed by atoms with Crippen LogP contribution in [0.5, 0.6) is 0 Å². The fourth-order valence-corrected chi connectivity index (χ4v) is 4.02. The molecule has 0 amide bonds. The molecule has 96 valence electrons. The lowest BCUT2D eigenvalue weighted by atomic mass is 9.83. The van der Waals surface area contributed by atoms with Gasteiger partial charge in [0.05, 0.1) is 5.69 Å². The number of benzene rings is 1. The molecular weight excluding hydrogens is 344 g/mol. The minimum absolute atomic E-state index is 0.193. The second-order valence-corrected chi connectivity index (χ2v) is 6.35. The second-order valence-electron chi connectivity index (χ2n) is 5.19. The Hall–Kier alpha value is -0.650. The van der Waals surface area contributed by atoms with Crippen LogP contribution < -0.4 is 4.90 Å². The summed E-state index contributed by atoms with van der Waals surface area (Å²) >= 11 is 2.19. The summed E-state index contributed by atoms with van der Waals surface area (Å²) in [5.41, 5.74) is 1.10. The molecule has 2 aliphatic heterocycles. The third kappa shape index (κ3) is 2.15. The number of hydrogen-bond acceptors (Lipinski definition) is 2. The van der Waals surface area contributed by atoms with Crippen LogP contribution in [-0.4, -0.2) is 17.9 Å². The van der Waals surface area contributed by atoms with Crippen LogP contribution in [-0.2, 0) is 4.79 Å². The maximum absolute atomic E-state index is 13.2. The molecule has 0 radical (unpaired) electrons. The van der Waals surface area contributed by atoms with Crippen LogP contribution in [0.1, 0.15) is 32.1 Å². The number of anilines is 1. The molecule has 2 nitrogen and oxygen atoms in total. The highest BCUT2D eigenvalue weighted by atomic mass is 127. The van der Waals surface area contributed by atoms with E-state index in [9.17, 15) is 9.18 Å². The van der Waals surface area contributed by atoms with Crippen molar-refractivity contribution >= 4 is 34.1 Å². The monoisotopic (exact) mass is 359 g/mol. The van der Waals surface area contributed by atoms with Crippen LogP contribution in [0.4, 0.5) is 10.1 Å². The van der Waals surface area contributed by atoms with Gasteiger partial charge in [0.25, 0.3) is 0 Å². The number of fused-ring (bicyclic) bond motifs is 2. The van der Waals surface area contributed by atoms with Gasteiger partial charge in [0.15, 0.2) is 0 Å². The number of ketones is 1. The Bertz CT molecular complexity index is 475. The predicted octanol–water partition coefficient (Wildman–Crippen LogP) is 3.52. The molecule has 1 aromatic rings. The molecule has 3 rings (SSSR count). The first-order valence-corrected chi connectivity index (χ1v) is 7.48. The van der Waals surface area contributed by atoms with E-state index in [-0.39, 0.29) is 5.82 Å². The molecule has 0 aliphatic carbocycles. The number of carbonyl (C=O) groups is 1. The smallest absolute Gasteiger partial charge is 0.137 e. The van der Waals surface area contributed by atoms with Crippen molar-refractivity contribution in [2.45, 2.75) is 44.2 Å². The van der Waals surface area contributed by atoms with Gasteiger partial charge in [-0.3, -0.25) is 4.79 Å². The Morgan fingerprint density at radius 3 is 2.50 bits per heavy atom. The Morgan fingerprint density at radius 1 is 1.22 bits per heavy atom. The first-order valence-electron chi connectivity index (χ1n) is 6.40. The van der Waals surface area contributed by atoms with E-state index in [4.69, 9.17) is 0 Å². The van der Waals surface area contributed by atoms with Gasteiger partial charge in [-0.15, -0.1) is 0 Å². The third-order valence-electron chi connectivity index (χ3n) is 3.98. The molecule has 2 unspecified atom stereocenters. The summed E-state index contributed by atoms with van der Waals surface area (Å²) < 4.78 is 14.1. The van der Waals surface area contributed by atoms with E-state index in [0.717, 1.165) is 22.1 Å². The Labute approximate surface area is 120 Å². The zero-order valence-corrected chi connectivity index (χ0v) is 12.2. The van der Waals surface area contributed by atoms with E-state index in [2.05, 4.69) is 27.5 Å². The van der Waals surface area contributed by atoms with Gasteiger partial charge in [0, 0.05) is 28.5 Å². The highest BCUT2D eigenvalue weighted by Crippen LogP contribution is 2.38. The van der Waals surface area contributed by atoms with Gasteiger partial charge in [-0.25, -0.2) is 4.39 Å². The highest BCUT2D eigenvalue weighted by Gasteiger charge is 2.38. The van der Waals surface area contributed by atoms with Crippen molar-refractivity contribution in [2.75, 3.05) is 4.90 Å². The second kappa shape index (κ2) is 4.79. The quantitative estimate of drug-likeness (QED) is 0.716. The van der Waals surface area contributed by atoms with Gasteiger partial charge in [0.1, 0.15) is 11.6 Å². The lowest BCUT2D eigenvalue weighted by molar-refractivity contribution is -0.121. The van der Waals surface area contributed by atoms with Crippen molar-refractivity contribution in [3.8, 4) is 0 Å². The normalized spacial score (nSPS) is 27.4. The predicted molar refractivity (Wildman–Crippen MR) is 77.3 cm³/mol. The van der Waals surface area contributed by atoms with E-state index in [0.29, 0.717) is 30.7 Å². The third-order valence-corrected chi connectivity index (χ3v) is 4.84. The lowest BCUT2D eigenvalue weighted by Gasteiger charge is -2.47. The van der Waals surface area contributed by atoms with Gasteiger partial charge in [-0.1, -0.05) is 0 Å². The van der Waals surface area contributed by atoms with Crippen molar-refractivity contribution < 1.29 is 9.18 Å². The van der Waals surface area contributed by atoms with Crippen molar-refractivity contribution in [1.29, 1.82) is 0 Å². The number of carbonyl (C=O) groups excluding carboxylic acids is 1. The molecular formula is C14H15FINO. The SMILES string of the molecule is O=C1CC2CCCC(C1)N2c1ccc(F)cc1I. The molecule has 18 heavy (non-hydrogen) atoms. The zero-order chi connectivity index (χ0) is 12.7. The summed E-state index contributed by atoms with van der Waals surface area (Å²) in [5.74, 6) is 0.194. The maximum Gasteiger partial charge on any atom is 0.137 e. The molecule has 2 bridgehead atoms. The van der Waals surface area contributed by atoms with Crippen molar-refractivity contribution in [1.82, 2.24) is 0 Å². The van der Waals surface area contributed by atoms with Gasteiger partial charge in [0.2, 0.25) is 0 Å². The molecule has 2 aliphatic rings. The number of nitrogens with zero attached hydrogens (tertiary/aromatic N) is 1. The lowest BCUT2D eigenvalue weighted by Crippen LogP contribution is -2.52. The number of hydrogen-bond donors (Lipinski definition) is 0. The highest BCUT2D eigenvalue weighted by molar-refractivity contribution is 14.1. The summed E-state index contributed by atoms with van der Waals surface area (Å²) in [6.45, 7) is 0. The van der Waals surface area contributed by atoms with Gasteiger partial charge >= 0.3 is 0 Å². The average Bonchev–Trinajstić information content (AvgIpc) is 2.28. The standard InChI is InChI=1S/C14H15FINO/c15-9-4-5-14(13(16)6-9)17-10-2-1-3-11(17)8-12(18)7-10/h4-6,10-11H,1-3,7-8H2. The van der Waals surface area contributed by atoms with Gasteiger partial charge in [-0.05, 0) is 60.1 Å². The van der Waals surface area contributed by atoms with Crippen molar-refractivity contribution in [3.05, 3.63) is 27.6 Å².